The fourth-order valence-corrected chi connectivity index (χ4v) is 3.89. The van der Waals surface area contributed by atoms with E-state index in [0.29, 0.717) is 23.0 Å². The number of aromatic amines is 1. The van der Waals surface area contributed by atoms with Crippen LogP contribution in [-0.4, -0.2) is 42.1 Å². The second kappa shape index (κ2) is 6.73. The molecule has 2 fully saturated rings. The molecule has 2 aromatic carbocycles. The number of amides is 3. The first-order valence-corrected chi connectivity index (χ1v) is 10.1. The molecule has 31 heavy (non-hydrogen) atoms. The number of carbonyl (C=O) groups is 2. The van der Waals surface area contributed by atoms with Gasteiger partial charge in [-0.05, 0) is 47.7 Å². The highest BCUT2D eigenvalue weighted by molar-refractivity contribution is 6.14. The first-order valence-electron chi connectivity index (χ1n) is 10.1. The summed E-state index contributed by atoms with van der Waals surface area (Å²) >= 11 is 0. The highest BCUT2D eigenvalue weighted by Crippen LogP contribution is 2.33. The van der Waals surface area contributed by atoms with E-state index in [2.05, 4.69) is 30.7 Å². The van der Waals surface area contributed by atoms with Crippen molar-refractivity contribution in [2.75, 3.05) is 4.90 Å². The van der Waals surface area contributed by atoms with Crippen molar-refractivity contribution in [1.29, 1.82) is 0 Å². The molecule has 4 aromatic rings. The molecule has 1 aliphatic heterocycles. The zero-order valence-electron chi connectivity index (χ0n) is 16.4. The molecule has 1 aliphatic carbocycles. The van der Waals surface area contributed by atoms with Gasteiger partial charge in [-0.1, -0.05) is 24.3 Å². The topological polar surface area (TPSA) is 122 Å². The normalized spacial score (nSPS) is 18.7. The molecule has 10 heteroatoms. The van der Waals surface area contributed by atoms with Gasteiger partial charge in [0.1, 0.15) is 6.04 Å². The number of hydrogen-bond acceptors (Lipinski definition) is 6. The first-order chi connectivity index (χ1) is 15.2. The summed E-state index contributed by atoms with van der Waals surface area (Å²) in [5.41, 5.74) is 3.69. The van der Waals surface area contributed by atoms with Gasteiger partial charge in [-0.2, -0.15) is 4.80 Å². The number of urea groups is 1. The van der Waals surface area contributed by atoms with E-state index >= 15 is 0 Å². The van der Waals surface area contributed by atoms with Gasteiger partial charge in [-0.15, -0.1) is 10.2 Å². The summed E-state index contributed by atoms with van der Waals surface area (Å²) in [6.45, 7) is 0.797. The van der Waals surface area contributed by atoms with E-state index in [1.54, 1.807) is 17.2 Å². The minimum atomic E-state index is -0.763. The largest absolute Gasteiger partial charge is 0.345 e. The monoisotopic (exact) mass is 414 g/mol. The van der Waals surface area contributed by atoms with Crippen LogP contribution in [0.2, 0.25) is 0 Å². The van der Waals surface area contributed by atoms with E-state index in [1.807, 2.05) is 36.4 Å². The number of imidazole rings is 1. The fourth-order valence-electron chi connectivity index (χ4n) is 3.89. The summed E-state index contributed by atoms with van der Waals surface area (Å²) in [5.74, 6) is 0.839. The molecule has 1 saturated carbocycles. The maximum absolute atomic E-state index is 12.6. The van der Waals surface area contributed by atoms with Gasteiger partial charge in [-0.25, -0.2) is 9.78 Å². The molecule has 2 aliphatic rings. The molecule has 3 heterocycles. The van der Waals surface area contributed by atoms with E-state index in [-0.39, 0.29) is 5.91 Å². The quantitative estimate of drug-likeness (QED) is 0.484. The molecule has 3 amide bonds. The molecule has 154 valence electrons. The van der Waals surface area contributed by atoms with Crippen LogP contribution in [0.5, 0.6) is 0 Å². The predicted molar refractivity (Wildman–Crippen MR) is 111 cm³/mol. The third-order valence-electron chi connectivity index (χ3n) is 5.69. The highest BCUT2D eigenvalue weighted by Gasteiger charge is 2.40. The van der Waals surface area contributed by atoms with Crippen LogP contribution in [0.25, 0.3) is 22.4 Å². The summed E-state index contributed by atoms with van der Waals surface area (Å²) in [6, 6.07) is 11.5. The summed E-state index contributed by atoms with van der Waals surface area (Å²) in [4.78, 5) is 35.5. The number of nitrogens with one attached hydrogen (secondary N) is 2. The zero-order valence-corrected chi connectivity index (χ0v) is 16.4. The number of hydrogen-bond donors (Lipinski definition) is 2. The van der Waals surface area contributed by atoms with Crippen molar-refractivity contribution in [3.05, 3.63) is 54.4 Å². The molecule has 6 rings (SSSR count). The fraction of sp³-hybridized carbons (Fsp3) is 0.238. The molecule has 2 aromatic heterocycles. The van der Waals surface area contributed by atoms with Crippen LogP contribution in [0.3, 0.4) is 0 Å². The first kappa shape index (κ1) is 17.8. The van der Waals surface area contributed by atoms with Crippen molar-refractivity contribution >= 4 is 28.7 Å². The highest BCUT2D eigenvalue weighted by atomic mass is 16.2. The Hall–Kier alpha value is -4.08. The Bertz CT molecular complexity index is 1300. The SMILES string of the molecule is O=C1NC(=O)N(c2ccc3nc[nH]c3c2)C1c1ccc(-c2nnn(CC3CC3)n2)cc1. The third-order valence-corrected chi connectivity index (χ3v) is 5.69. The number of tetrazole rings is 1. The average Bonchev–Trinajstić information content (AvgIpc) is 3.15. The maximum Gasteiger partial charge on any atom is 0.329 e. The van der Waals surface area contributed by atoms with Gasteiger partial charge in [0, 0.05) is 11.3 Å². The van der Waals surface area contributed by atoms with Crippen molar-refractivity contribution in [2.24, 2.45) is 5.92 Å². The van der Waals surface area contributed by atoms with Crippen molar-refractivity contribution in [2.45, 2.75) is 25.4 Å². The summed E-state index contributed by atoms with van der Waals surface area (Å²) in [6.07, 6.45) is 4.03. The van der Waals surface area contributed by atoms with Gasteiger partial charge in [0.25, 0.3) is 5.91 Å². The number of benzene rings is 2. The van der Waals surface area contributed by atoms with Crippen molar-refractivity contribution in [3.63, 3.8) is 0 Å². The number of fused-ring (bicyclic) bond motifs is 1. The number of rotatable bonds is 5. The number of aromatic nitrogens is 6. The molecule has 1 atom stereocenters. The van der Waals surface area contributed by atoms with E-state index in [1.165, 1.54) is 17.7 Å². The van der Waals surface area contributed by atoms with Crippen LogP contribution in [0.1, 0.15) is 24.4 Å². The lowest BCUT2D eigenvalue weighted by molar-refractivity contribution is -0.119. The lowest BCUT2D eigenvalue weighted by Gasteiger charge is -2.22. The maximum atomic E-state index is 12.6. The predicted octanol–water partition coefficient (Wildman–Crippen LogP) is 2.42. The number of H-pyrrole nitrogens is 1. The zero-order chi connectivity index (χ0) is 20.9. The summed E-state index contributed by atoms with van der Waals surface area (Å²) in [5, 5.41) is 15.1. The summed E-state index contributed by atoms with van der Waals surface area (Å²) < 4.78 is 0. The van der Waals surface area contributed by atoms with Crippen LogP contribution in [0.4, 0.5) is 10.5 Å². The molecule has 10 nitrogen and oxygen atoms in total. The Morgan fingerprint density at radius 1 is 1.06 bits per heavy atom. The lowest BCUT2D eigenvalue weighted by atomic mass is 10.0. The van der Waals surface area contributed by atoms with Crippen molar-refractivity contribution in [3.8, 4) is 11.4 Å². The third kappa shape index (κ3) is 3.12. The van der Waals surface area contributed by atoms with Crippen LogP contribution in [0.15, 0.2) is 48.8 Å². The van der Waals surface area contributed by atoms with E-state index in [9.17, 15) is 9.59 Å². The molecule has 0 bridgehead atoms. The van der Waals surface area contributed by atoms with E-state index in [0.717, 1.165) is 23.1 Å². The molecular formula is C21H18N8O2. The standard InChI is InChI=1S/C21H18N8O2/c30-20-18(29(21(31)24-20)15-7-8-16-17(9-15)23-11-22-16)13-3-5-14(6-4-13)19-25-27-28(26-19)10-12-1-2-12/h3-9,11-12,18H,1-2,10H2,(H,22,23)(H,24,30,31). The molecule has 1 saturated heterocycles. The van der Waals surface area contributed by atoms with E-state index < -0.39 is 12.1 Å². The molecule has 0 radical (unpaired) electrons. The van der Waals surface area contributed by atoms with Crippen molar-refractivity contribution < 1.29 is 9.59 Å². The number of nitrogens with zero attached hydrogens (tertiary/aromatic N) is 6. The minimum absolute atomic E-state index is 0.365. The van der Waals surface area contributed by atoms with Gasteiger partial charge in [0.05, 0.1) is 23.9 Å². The molecular weight excluding hydrogens is 396 g/mol. The lowest BCUT2D eigenvalue weighted by Crippen LogP contribution is -2.29. The molecule has 0 spiro atoms. The second-order valence-electron chi connectivity index (χ2n) is 7.90. The van der Waals surface area contributed by atoms with Gasteiger partial charge in [0.15, 0.2) is 0 Å². The van der Waals surface area contributed by atoms with Crippen LogP contribution in [-0.2, 0) is 11.3 Å². The smallest absolute Gasteiger partial charge is 0.329 e. The van der Waals surface area contributed by atoms with Gasteiger partial charge >= 0.3 is 6.03 Å². The number of imide groups is 1. The van der Waals surface area contributed by atoms with Gasteiger partial charge in [0.2, 0.25) is 5.82 Å². The van der Waals surface area contributed by atoms with E-state index in [4.69, 9.17) is 0 Å². The van der Waals surface area contributed by atoms with Crippen LogP contribution < -0.4 is 10.2 Å². The average molecular weight is 414 g/mol. The van der Waals surface area contributed by atoms with Gasteiger partial charge in [-0.3, -0.25) is 15.0 Å². The Kier molecular flexibility index (Phi) is 3.85. The summed E-state index contributed by atoms with van der Waals surface area (Å²) in [7, 11) is 0. The number of anilines is 1. The van der Waals surface area contributed by atoms with Crippen molar-refractivity contribution in [1.82, 2.24) is 35.5 Å². The van der Waals surface area contributed by atoms with Gasteiger partial charge < -0.3 is 4.98 Å². The Morgan fingerprint density at radius 3 is 2.71 bits per heavy atom. The molecule has 2 N–H and O–H groups in total. The van der Waals surface area contributed by atoms with Crippen LogP contribution in [0, 0.1) is 5.92 Å². The second-order valence-corrected chi connectivity index (χ2v) is 7.90. The Balaban J connectivity index is 1.30. The van der Waals surface area contributed by atoms with Crippen LogP contribution >= 0.6 is 0 Å². The Labute approximate surface area is 176 Å². The number of carbonyl (C=O) groups excluding carboxylic acids is 2. The molecule has 1 unspecified atom stereocenters. The minimum Gasteiger partial charge on any atom is -0.345 e. The Morgan fingerprint density at radius 2 is 1.90 bits per heavy atom.